The summed E-state index contributed by atoms with van der Waals surface area (Å²) in [6.07, 6.45) is 5.98. The van der Waals surface area contributed by atoms with E-state index in [-0.39, 0.29) is 12.0 Å². The summed E-state index contributed by atoms with van der Waals surface area (Å²) in [5.41, 5.74) is -0.180. The molecule has 0 saturated carbocycles. The van der Waals surface area contributed by atoms with Crippen LogP contribution in [0, 0.1) is 5.41 Å². The van der Waals surface area contributed by atoms with E-state index in [2.05, 4.69) is 9.97 Å². The number of aromatic amines is 1. The molecule has 1 aromatic rings. The van der Waals surface area contributed by atoms with Gasteiger partial charge in [-0.15, -0.1) is 0 Å². The lowest BCUT2D eigenvalue weighted by atomic mass is 9.77. The minimum Gasteiger partial charge on any atom is -0.481 e. The molecule has 1 aliphatic carbocycles. The van der Waals surface area contributed by atoms with Crippen LogP contribution in [0.1, 0.15) is 19.0 Å². The Morgan fingerprint density at radius 2 is 2.17 bits per heavy atom. The Balaban J connectivity index is 2.49. The van der Waals surface area contributed by atoms with Crippen LogP contribution in [0.4, 0.5) is 0 Å². The molecule has 1 unspecified atom stereocenters. The number of allylic oxidation sites excluding steroid dienone is 2. The first-order valence-corrected chi connectivity index (χ1v) is 5.32. The van der Waals surface area contributed by atoms with Crippen LogP contribution in [0.2, 0.25) is 0 Å². The second kappa shape index (κ2) is 4.14. The van der Waals surface area contributed by atoms with Crippen molar-refractivity contribution in [1.29, 1.82) is 0 Å². The number of H-pyrrole nitrogens is 1. The van der Waals surface area contributed by atoms with Gasteiger partial charge in [0.25, 0.3) is 0 Å². The largest absolute Gasteiger partial charge is 0.481 e. The van der Waals surface area contributed by atoms with Crippen LogP contribution in [0.25, 0.3) is 5.57 Å². The van der Waals surface area contributed by atoms with Crippen molar-refractivity contribution < 1.29 is 19.8 Å². The molecule has 6 nitrogen and oxygen atoms in total. The van der Waals surface area contributed by atoms with Crippen LogP contribution in [0.15, 0.2) is 30.2 Å². The number of aromatic nitrogens is 2. The summed E-state index contributed by atoms with van der Waals surface area (Å²) in [4.78, 5) is 29.1. The summed E-state index contributed by atoms with van der Waals surface area (Å²) in [6, 6.07) is 0. The molecule has 1 aliphatic rings. The number of rotatable bonds is 3. The molecule has 3 N–H and O–H groups in total. The second-order valence-electron chi connectivity index (χ2n) is 4.38. The number of hydrogen-bond acceptors (Lipinski definition) is 3. The summed E-state index contributed by atoms with van der Waals surface area (Å²) in [5.74, 6) is -2.16. The van der Waals surface area contributed by atoms with E-state index in [0.29, 0.717) is 11.3 Å². The molecule has 0 spiro atoms. The average Bonchev–Trinajstić information content (AvgIpc) is 2.82. The highest BCUT2D eigenvalue weighted by atomic mass is 16.4. The highest BCUT2D eigenvalue weighted by Crippen LogP contribution is 2.37. The average molecular weight is 248 g/mol. The third-order valence-corrected chi connectivity index (χ3v) is 3.01. The molecule has 0 radical (unpaired) electrons. The molecule has 0 aliphatic heterocycles. The van der Waals surface area contributed by atoms with Gasteiger partial charge in [-0.05, 0) is 13.3 Å². The molecule has 0 fully saturated rings. The van der Waals surface area contributed by atoms with Crippen LogP contribution < -0.4 is 0 Å². The lowest BCUT2D eigenvalue weighted by molar-refractivity contribution is -0.145. The lowest BCUT2D eigenvalue weighted by Gasteiger charge is -2.25. The van der Waals surface area contributed by atoms with Crippen molar-refractivity contribution in [2.24, 2.45) is 5.41 Å². The first-order chi connectivity index (χ1) is 8.44. The molecule has 18 heavy (non-hydrogen) atoms. The van der Waals surface area contributed by atoms with Gasteiger partial charge in [-0.1, -0.05) is 12.2 Å². The van der Waals surface area contributed by atoms with Gasteiger partial charge in [-0.25, -0.2) is 9.78 Å². The fraction of sp³-hybridized carbons (Fsp3) is 0.250. The van der Waals surface area contributed by atoms with Crippen LogP contribution >= 0.6 is 0 Å². The third kappa shape index (κ3) is 1.92. The Labute approximate surface area is 103 Å². The van der Waals surface area contributed by atoms with E-state index in [1.165, 1.54) is 25.4 Å². The SMILES string of the molecule is CC1(C(=O)O)C=CC(c2c[nH]cn2)=C(C(=O)O)C1. The molecule has 6 heteroatoms. The predicted octanol–water partition coefficient (Wildman–Crippen LogP) is 1.30. The molecule has 94 valence electrons. The lowest BCUT2D eigenvalue weighted by Crippen LogP contribution is -2.29. The molecule has 1 atom stereocenters. The van der Waals surface area contributed by atoms with Crippen LogP contribution in [-0.4, -0.2) is 32.1 Å². The fourth-order valence-electron chi connectivity index (χ4n) is 1.87. The number of imidazole rings is 1. The van der Waals surface area contributed by atoms with Gasteiger partial charge in [0.1, 0.15) is 0 Å². The number of aliphatic carboxylic acids is 2. The molecular formula is C12H12N2O4. The molecular weight excluding hydrogens is 236 g/mol. The monoisotopic (exact) mass is 248 g/mol. The summed E-state index contributed by atoms with van der Waals surface area (Å²) in [6.45, 7) is 1.50. The van der Waals surface area contributed by atoms with Crippen LogP contribution in [0.3, 0.4) is 0 Å². The molecule has 0 amide bonds. The van der Waals surface area contributed by atoms with Gasteiger partial charge >= 0.3 is 11.9 Å². The Bertz CT molecular complexity index is 557. The molecule has 0 saturated heterocycles. The van der Waals surface area contributed by atoms with Gasteiger partial charge in [-0.2, -0.15) is 0 Å². The molecule has 0 bridgehead atoms. The summed E-state index contributed by atoms with van der Waals surface area (Å²) < 4.78 is 0. The number of carbonyl (C=O) groups is 2. The van der Waals surface area contributed by atoms with Gasteiger partial charge in [0.15, 0.2) is 0 Å². The number of carboxylic acids is 2. The van der Waals surface area contributed by atoms with Gasteiger partial charge in [-0.3, -0.25) is 4.79 Å². The Hall–Kier alpha value is -2.37. The van der Waals surface area contributed by atoms with Gasteiger partial charge in [0.2, 0.25) is 0 Å². The number of nitrogens with one attached hydrogen (secondary N) is 1. The normalized spacial score (nSPS) is 23.2. The van der Waals surface area contributed by atoms with Crippen molar-refractivity contribution in [3.63, 3.8) is 0 Å². The molecule has 1 aromatic heterocycles. The first-order valence-electron chi connectivity index (χ1n) is 5.32. The number of carboxylic acid groups (broad SMARTS) is 2. The number of nitrogens with zero attached hydrogens (tertiary/aromatic N) is 1. The zero-order valence-electron chi connectivity index (χ0n) is 9.67. The highest BCUT2D eigenvalue weighted by molar-refractivity contribution is 6.00. The van der Waals surface area contributed by atoms with Crippen molar-refractivity contribution in [2.75, 3.05) is 0 Å². The van der Waals surface area contributed by atoms with Crippen molar-refractivity contribution in [3.05, 3.63) is 35.9 Å². The quantitative estimate of drug-likeness (QED) is 0.748. The van der Waals surface area contributed by atoms with Crippen molar-refractivity contribution in [1.82, 2.24) is 9.97 Å². The smallest absolute Gasteiger partial charge is 0.332 e. The minimum atomic E-state index is -1.19. The Kier molecular flexibility index (Phi) is 2.78. The van der Waals surface area contributed by atoms with E-state index in [0.717, 1.165) is 0 Å². The maximum Gasteiger partial charge on any atom is 0.332 e. The molecule has 2 rings (SSSR count). The topological polar surface area (TPSA) is 103 Å². The maximum absolute atomic E-state index is 11.2. The zero-order valence-corrected chi connectivity index (χ0v) is 9.67. The van der Waals surface area contributed by atoms with E-state index >= 15 is 0 Å². The van der Waals surface area contributed by atoms with Crippen molar-refractivity contribution >= 4 is 17.5 Å². The molecule has 1 heterocycles. The van der Waals surface area contributed by atoms with Crippen molar-refractivity contribution in [2.45, 2.75) is 13.3 Å². The maximum atomic E-state index is 11.2. The Morgan fingerprint density at radius 3 is 2.67 bits per heavy atom. The summed E-state index contributed by atoms with van der Waals surface area (Å²) in [7, 11) is 0. The second-order valence-corrected chi connectivity index (χ2v) is 4.38. The van der Waals surface area contributed by atoms with E-state index in [4.69, 9.17) is 5.11 Å². The predicted molar refractivity (Wildman–Crippen MR) is 62.6 cm³/mol. The van der Waals surface area contributed by atoms with Gasteiger partial charge in [0.05, 0.1) is 17.4 Å². The zero-order chi connectivity index (χ0) is 13.3. The third-order valence-electron chi connectivity index (χ3n) is 3.01. The van der Waals surface area contributed by atoms with Gasteiger partial charge in [0, 0.05) is 17.3 Å². The fourth-order valence-corrected chi connectivity index (χ4v) is 1.87. The van der Waals surface area contributed by atoms with E-state index in [9.17, 15) is 14.7 Å². The van der Waals surface area contributed by atoms with Crippen molar-refractivity contribution in [3.8, 4) is 0 Å². The van der Waals surface area contributed by atoms with Gasteiger partial charge < -0.3 is 15.2 Å². The number of hydrogen-bond donors (Lipinski definition) is 3. The Morgan fingerprint density at radius 1 is 1.44 bits per heavy atom. The minimum absolute atomic E-state index is 0.0592. The highest BCUT2D eigenvalue weighted by Gasteiger charge is 2.37. The standard InChI is InChI=1S/C12H12N2O4/c1-12(11(17)18)3-2-7(8(4-12)10(15)16)9-5-13-6-14-9/h2-3,5-6H,4H2,1H3,(H,13,14)(H,15,16)(H,17,18). The van der Waals surface area contributed by atoms with E-state index in [1.807, 2.05) is 0 Å². The van der Waals surface area contributed by atoms with E-state index < -0.39 is 17.4 Å². The summed E-state index contributed by atoms with van der Waals surface area (Å²) in [5, 5.41) is 18.3. The first kappa shape index (κ1) is 12.1. The van der Waals surface area contributed by atoms with Crippen LogP contribution in [-0.2, 0) is 9.59 Å². The van der Waals surface area contributed by atoms with Crippen LogP contribution in [0.5, 0.6) is 0 Å². The molecule has 0 aromatic carbocycles. The van der Waals surface area contributed by atoms with E-state index in [1.54, 1.807) is 6.20 Å². The summed E-state index contributed by atoms with van der Waals surface area (Å²) >= 11 is 0.